The number of hydrogen-bond acceptors (Lipinski definition) is 5. The molecule has 1 N–H and O–H groups in total. The van der Waals surface area contributed by atoms with Crippen LogP contribution in [0.4, 0.5) is 0 Å². The average Bonchev–Trinajstić information content (AvgIpc) is 2.69. The first kappa shape index (κ1) is 15.6. The summed E-state index contributed by atoms with van der Waals surface area (Å²) in [4.78, 5) is 27.9. The van der Waals surface area contributed by atoms with Gasteiger partial charge in [-0.25, -0.2) is 9.78 Å². The van der Waals surface area contributed by atoms with E-state index in [9.17, 15) is 9.59 Å². The largest absolute Gasteiger partial charge is 0.467 e. The van der Waals surface area contributed by atoms with Gasteiger partial charge in [0.1, 0.15) is 6.04 Å². The summed E-state index contributed by atoms with van der Waals surface area (Å²) in [7, 11) is 1.32. The molecular formula is C13H20N2O3S. The zero-order valence-electron chi connectivity index (χ0n) is 11.9. The zero-order valence-corrected chi connectivity index (χ0v) is 12.8. The van der Waals surface area contributed by atoms with Gasteiger partial charge in [0, 0.05) is 5.38 Å². The Morgan fingerprint density at radius 1 is 1.47 bits per heavy atom. The molecule has 1 aromatic rings. The van der Waals surface area contributed by atoms with Gasteiger partial charge in [0.05, 0.1) is 24.2 Å². The molecule has 0 saturated carbocycles. The fourth-order valence-corrected chi connectivity index (χ4v) is 2.23. The molecule has 0 aliphatic rings. The van der Waals surface area contributed by atoms with Gasteiger partial charge in [0.25, 0.3) is 0 Å². The summed E-state index contributed by atoms with van der Waals surface area (Å²) in [5.41, 5.74) is 0.318. The van der Waals surface area contributed by atoms with Crippen molar-refractivity contribution in [2.24, 2.45) is 5.41 Å². The molecular weight excluding hydrogens is 264 g/mol. The molecule has 0 aliphatic heterocycles. The van der Waals surface area contributed by atoms with Gasteiger partial charge < -0.3 is 10.1 Å². The van der Waals surface area contributed by atoms with Crippen LogP contribution in [0.3, 0.4) is 0 Å². The third-order valence-electron chi connectivity index (χ3n) is 2.62. The number of carbonyl (C=O) groups is 2. The molecule has 1 atom stereocenters. The lowest BCUT2D eigenvalue weighted by Crippen LogP contribution is -2.50. The monoisotopic (exact) mass is 284 g/mol. The van der Waals surface area contributed by atoms with Crippen molar-refractivity contribution >= 4 is 23.2 Å². The van der Waals surface area contributed by atoms with Crippen molar-refractivity contribution in [2.45, 2.75) is 40.2 Å². The summed E-state index contributed by atoms with van der Waals surface area (Å²) in [5.74, 6) is -0.661. The number of amides is 1. The number of hydrogen-bond donors (Lipinski definition) is 1. The molecule has 0 aromatic carbocycles. The highest BCUT2D eigenvalue weighted by Gasteiger charge is 2.33. The van der Waals surface area contributed by atoms with Gasteiger partial charge in [-0.2, -0.15) is 0 Å². The molecule has 0 saturated heterocycles. The Morgan fingerprint density at radius 2 is 2.11 bits per heavy atom. The fraction of sp³-hybridized carbons (Fsp3) is 0.615. The molecule has 0 spiro atoms. The number of aryl methyl sites for hydroxylation is 1. The second-order valence-electron chi connectivity index (χ2n) is 5.42. The van der Waals surface area contributed by atoms with Gasteiger partial charge in [-0.1, -0.05) is 20.8 Å². The second-order valence-corrected chi connectivity index (χ2v) is 6.49. The summed E-state index contributed by atoms with van der Waals surface area (Å²) < 4.78 is 4.73. The Morgan fingerprint density at radius 3 is 2.53 bits per heavy atom. The van der Waals surface area contributed by atoms with Gasteiger partial charge in [0.2, 0.25) is 5.91 Å². The number of carbonyl (C=O) groups excluding carboxylic acids is 2. The third kappa shape index (κ3) is 4.63. The van der Waals surface area contributed by atoms with Crippen LogP contribution in [0.1, 0.15) is 31.5 Å². The Balaban J connectivity index is 2.69. The van der Waals surface area contributed by atoms with Crippen LogP contribution >= 0.6 is 11.3 Å². The van der Waals surface area contributed by atoms with E-state index in [-0.39, 0.29) is 12.3 Å². The highest BCUT2D eigenvalue weighted by atomic mass is 32.1. The minimum absolute atomic E-state index is 0.175. The molecule has 0 radical (unpaired) electrons. The number of thiazole rings is 1. The van der Waals surface area contributed by atoms with E-state index in [4.69, 9.17) is 4.74 Å². The van der Waals surface area contributed by atoms with Gasteiger partial charge in [0.15, 0.2) is 0 Å². The molecule has 0 bridgehead atoms. The van der Waals surface area contributed by atoms with E-state index in [0.29, 0.717) is 0 Å². The van der Waals surface area contributed by atoms with Crippen molar-refractivity contribution in [1.29, 1.82) is 0 Å². The van der Waals surface area contributed by atoms with Crippen LogP contribution in [0.5, 0.6) is 0 Å². The van der Waals surface area contributed by atoms with Crippen molar-refractivity contribution in [3.63, 3.8) is 0 Å². The summed E-state index contributed by atoms with van der Waals surface area (Å²) in [6, 6.07) is -0.662. The number of nitrogens with zero attached hydrogens (tertiary/aromatic N) is 1. The van der Waals surface area contributed by atoms with Crippen LogP contribution in [0.25, 0.3) is 0 Å². The van der Waals surface area contributed by atoms with Crippen molar-refractivity contribution in [2.75, 3.05) is 7.11 Å². The number of methoxy groups -OCH3 is 1. The average molecular weight is 284 g/mol. The number of nitrogens with one attached hydrogen (secondary N) is 1. The lowest BCUT2D eigenvalue weighted by Gasteiger charge is -2.28. The molecule has 6 heteroatoms. The molecule has 0 fully saturated rings. The summed E-state index contributed by atoms with van der Waals surface area (Å²) in [5, 5.41) is 5.48. The van der Waals surface area contributed by atoms with Gasteiger partial charge in [-0.05, 0) is 12.3 Å². The Labute approximate surface area is 117 Å². The lowest BCUT2D eigenvalue weighted by atomic mass is 9.86. The van der Waals surface area contributed by atoms with Crippen molar-refractivity contribution in [1.82, 2.24) is 10.3 Å². The molecule has 0 aliphatic carbocycles. The zero-order chi connectivity index (χ0) is 14.6. The number of aromatic nitrogens is 1. The molecule has 0 unspecified atom stereocenters. The highest BCUT2D eigenvalue weighted by molar-refractivity contribution is 7.09. The van der Waals surface area contributed by atoms with Crippen LogP contribution in [0.2, 0.25) is 0 Å². The molecule has 1 heterocycles. The Bertz CT molecular complexity index is 463. The van der Waals surface area contributed by atoms with Crippen LogP contribution < -0.4 is 5.32 Å². The van der Waals surface area contributed by atoms with E-state index in [1.807, 2.05) is 33.1 Å². The van der Waals surface area contributed by atoms with Crippen molar-refractivity contribution in [3.8, 4) is 0 Å². The fourth-order valence-electron chi connectivity index (χ4n) is 1.61. The molecule has 1 amide bonds. The normalized spacial score (nSPS) is 12.9. The summed E-state index contributed by atoms with van der Waals surface area (Å²) in [6.07, 6.45) is 0.175. The van der Waals surface area contributed by atoms with Gasteiger partial charge in [-0.3, -0.25) is 4.79 Å². The number of ether oxygens (including phenoxy) is 1. The maximum Gasteiger partial charge on any atom is 0.328 e. The molecule has 106 valence electrons. The Hall–Kier alpha value is -1.43. The summed E-state index contributed by atoms with van der Waals surface area (Å²) >= 11 is 1.50. The van der Waals surface area contributed by atoms with E-state index in [1.54, 1.807) is 0 Å². The first-order chi connectivity index (χ1) is 8.74. The lowest BCUT2D eigenvalue weighted by molar-refractivity contribution is -0.148. The first-order valence-electron chi connectivity index (χ1n) is 6.02. The Kier molecular flexibility index (Phi) is 5.05. The molecule has 1 rings (SSSR count). The van der Waals surface area contributed by atoms with Crippen LogP contribution in [-0.4, -0.2) is 30.0 Å². The van der Waals surface area contributed by atoms with Crippen LogP contribution in [0.15, 0.2) is 5.38 Å². The topological polar surface area (TPSA) is 68.3 Å². The van der Waals surface area contributed by atoms with E-state index in [0.717, 1.165) is 10.7 Å². The number of rotatable bonds is 4. The van der Waals surface area contributed by atoms with Gasteiger partial charge >= 0.3 is 5.97 Å². The smallest absolute Gasteiger partial charge is 0.328 e. The number of esters is 1. The first-order valence-corrected chi connectivity index (χ1v) is 6.90. The van der Waals surface area contributed by atoms with Crippen molar-refractivity contribution in [3.05, 3.63) is 16.1 Å². The molecule has 19 heavy (non-hydrogen) atoms. The van der Waals surface area contributed by atoms with E-state index in [1.165, 1.54) is 18.4 Å². The van der Waals surface area contributed by atoms with E-state index < -0.39 is 17.4 Å². The minimum Gasteiger partial charge on any atom is -0.467 e. The third-order valence-corrected chi connectivity index (χ3v) is 3.44. The second kappa shape index (κ2) is 6.14. The maximum absolute atomic E-state index is 11.9. The van der Waals surface area contributed by atoms with Crippen molar-refractivity contribution < 1.29 is 14.3 Å². The predicted molar refractivity (Wildman–Crippen MR) is 74.0 cm³/mol. The summed E-state index contributed by atoms with van der Waals surface area (Å²) in [6.45, 7) is 7.52. The quantitative estimate of drug-likeness (QED) is 0.854. The maximum atomic E-state index is 11.9. The van der Waals surface area contributed by atoms with Crippen LogP contribution in [0, 0.1) is 12.3 Å². The van der Waals surface area contributed by atoms with E-state index >= 15 is 0 Å². The molecule has 1 aromatic heterocycles. The molecule has 5 nitrogen and oxygen atoms in total. The standard InChI is InChI=1S/C13H20N2O3S/c1-8-14-9(7-19-8)6-10(16)15-11(12(17)18-5)13(2,3)4/h7,11H,6H2,1-5H3,(H,15,16)/t11-/m1/s1. The highest BCUT2D eigenvalue weighted by Crippen LogP contribution is 2.20. The van der Waals surface area contributed by atoms with Crippen LogP contribution in [-0.2, 0) is 20.7 Å². The SMILES string of the molecule is COC(=O)[C@@H](NC(=O)Cc1csc(C)n1)C(C)(C)C. The predicted octanol–water partition coefficient (Wildman–Crippen LogP) is 1.70. The van der Waals surface area contributed by atoms with E-state index in [2.05, 4.69) is 10.3 Å². The minimum atomic E-state index is -0.662. The van der Waals surface area contributed by atoms with Gasteiger partial charge in [-0.15, -0.1) is 11.3 Å².